The van der Waals surface area contributed by atoms with Crippen LogP contribution in [0.1, 0.15) is 0 Å². The van der Waals surface area contributed by atoms with Gasteiger partial charge >= 0.3 is 12.1 Å². The molecule has 23 heavy (non-hydrogen) atoms. The van der Waals surface area contributed by atoms with E-state index in [2.05, 4.69) is 25.9 Å². The third kappa shape index (κ3) is 3.34. The van der Waals surface area contributed by atoms with Gasteiger partial charge in [0, 0.05) is 22.6 Å². The van der Waals surface area contributed by atoms with Crippen molar-refractivity contribution in [2.45, 2.75) is 6.18 Å². The number of hydrogen-bond acceptors (Lipinski definition) is 4. The largest absolute Gasteiger partial charge is 0.471 e. The van der Waals surface area contributed by atoms with Crippen LogP contribution in [0.15, 0.2) is 45.5 Å². The highest BCUT2D eigenvalue weighted by Gasteiger charge is 2.38. The van der Waals surface area contributed by atoms with Gasteiger partial charge < -0.3 is 9.73 Å². The summed E-state index contributed by atoms with van der Waals surface area (Å²) in [6.07, 6.45) is -1.81. The number of carbonyl (C=O) groups is 1. The van der Waals surface area contributed by atoms with Crippen molar-refractivity contribution in [1.29, 1.82) is 0 Å². The van der Waals surface area contributed by atoms with E-state index in [4.69, 9.17) is 4.42 Å². The summed E-state index contributed by atoms with van der Waals surface area (Å²) in [7, 11) is 0. The van der Waals surface area contributed by atoms with Crippen molar-refractivity contribution >= 4 is 38.6 Å². The number of pyridine rings is 1. The highest BCUT2D eigenvalue weighted by molar-refractivity contribution is 9.10. The molecular weight excluding hydrogens is 379 g/mol. The Balaban J connectivity index is 1.94. The summed E-state index contributed by atoms with van der Waals surface area (Å²) in [5.41, 5.74) is 1.29. The van der Waals surface area contributed by atoms with Crippen molar-refractivity contribution in [2.24, 2.45) is 0 Å². The van der Waals surface area contributed by atoms with E-state index in [9.17, 15) is 18.0 Å². The Bertz CT molecular complexity index is 892. The number of anilines is 1. The lowest BCUT2D eigenvalue weighted by Crippen LogP contribution is -2.29. The standard InChI is InChI=1S/C14H7BrF3N3O2/c15-8-3-7(5-19-6-8)12-21-10-4-9(1-2-11(10)23-12)20-13(22)14(16,17)18/h1-6H,(H,20,22). The molecule has 2 aromatic heterocycles. The van der Waals surface area contributed by atoms with E-state index in [0.29, 0.717) is 16.7 Å². The number of halogens is 4. The number of nitrogens with one attached hydrogen (secondary N) is 1. The third-order valence-electron chi connectivity index (χ3n) is 2.85. The Labute approximate surface area is 135 Å². The SMILES string of the molecule is O=C(Nc1ccc2oc(-c3cncc(Br)c3)nc2c1)C(F)(F)F. The molecule has 1 aromatic carbocycles. The summed E-state index contributed by atoms with van der Waals surface area (Å²) < 4.78 is 43.0. The zero-order chi connectivity index (χ0) is 16.6. The monoisotopic (exact) mass is 385 g/mol. The normalized spacial score (nSPS) is 11.7. The minimum Gasteiger partial charge on any atom is -0.436 e. The molecule has 0 saturated carbocycles. The molecule has 0 aliphatic carbocycles. The third-order valence-corrected chi connectivity index (χ3v) is 3.29. The van der Waals surface area contributed by atoms with Crippen LogP contribution in [0, 0.1) is 0 Å². The molecule has 5 nitrogen and oxygen atoms in total. The highest BCUT2D eigenvalue weighted by atomic mass is 79.9. The molecule has 1 amide bonds. The number of oxazole rings is 1. The molecule has 2 heterocycles. The van der Waals surface area contributed by atoms with Gasteiger partial charge in [-0.25, -0.2) is 4.98 Å². The first-order chi connectivity index (χ1) is 10.8. The number of nitrogens with zero attached hydrogens (tertiary/aromatic N) is 2. The van der Waals surface area contributed by atoms with Crippen LogP contribution >= 0.6 is 15.9 Å². The smallest absolute Gasteiger partial charge is 0.436 e. The summed E-state index contributed by atoms with van der Waals surface area (Å²) in [6.45, 7) is 0. The van der Waals surface area contributed by atoms with Crippen LogP contribution in [0.25, 0.3) is 22.6 Å². The van der Waals surface area contributed by atoms with Crippen LogP contribution in [0.2, 0.25) is 0 Å². The van der Waals surface area contributed by atoms with Gasteiger partial charge in [0.1, 0.15) is 5.52 Å². The summed E-state index contributed by atoms with van der Waals surface area (Å²) in [6, 6.07) is 5.78. The fourth-order valence-corrected chi connectivity index (χ4v) is 2.22. The number of alkyl halides is 3. The number of rotatable bonds is 2. The molecule has 0 radical (unpaired) electrons. The average molecular weight is 386 g/mol. The van der Waals surface area contributed by atoms with E-state index in [0.717, 1.165) is 4.47 Å². The highest BCUT2D eigenvalue weighted by Crippen LogP contribution is 2.27. The van der Waals surface area contributed by atoms with E-state index in [1.807, 2.05) is 0 Å². The maximum absolute atomic E-state index is 12.3. The van der Waals surface area contributed by atoms with Gasteiger partial charge in [0.05, 0.1) is 5.56 Å². The molecule has 0 bridgehead atoms. The number of carbonyl (C=O) groups excluding carboxylic acids is 1. The van der Waals surface area contributed by atoms with Crippen LogP contribution in [-0.2, 0) is 4.79 Å². The van der Waals surface area contributed by atoms with Gasteiger partial charge in [0.2, 0.25) is 5.89 Å². The molecule has 0 spiro atoms. The quantitative estimate of drug-likeness (QED) is 0.719. The topological polar surface area (TPSA) is 68.0 Å². The van der Waals surface area contributed by atoms with Gasteiger partial charge in [0.25, 0.3) is 0 Å². The van der Waals surface area contributed by atoms with E-state index in [1.54, 1.807) is 23.8 Å². The Morgan fingerprint density at radius 1 is 1.22 bits per heavy atom. The van der Waals surface area contributed by atoms with Gasteiger partial charge in [-0.1, -0.05) is 0 Å². The first-order valence-electron chi connectivity index (χ1n) is 6.22. The van der Waals surface area contributed by atoms with E-state index < -0.39 is 12.1 Å². The molecule has 0 saturated heterocycles. The first-order valence-corrected chi connectivity index (χ1v) is 7.02. The molecule has 0 unspecified atom stereocenters. The minimum atomic E-state index is -4.95. The lowest BCUT2D eigenvalue weighted by Gasteiger charge is -2.07. The lowest BCUT2D eigenvalue weighted by atomic mass is 10.3. The van der Waals surface area contributed by atoms with Gasteiger partial charge in [-0.3, -0.25) is 9.78 Å². The molecule has 0 atom stereocenters. The summed E-state index contributed by atoms with van der Waals surface area (Å²) in [4.78, 5) is 19.1. The van der Waals surface area contributed by atoms with Crippen LogP contribution in [-0.4, -0.2) is 22.1 Å². The number of fused-ring (bicyclic) bond motifs is 1. The fourth-order valence-electron chi connectivity index (χ4n) is 1.86. The van der Waals surface area contributed by atoms with Crippen LogP contribution in [0.3, 0.4) is 0 Å². The second kappa shape index (κ2) is 5.65. The number of benzene rings is 1. The van der Waals surface area contributed by atoms with Crippen LogP contribution < -0.4 is 5.32 Å². The summed E-state index contributed by atoms with van der Waals surface area (Å²) in [5, 5.41) is 1.77. The van der Waals surface area contributed by atoms with Gasteiger partial charge in [0.15, 0.2) is 5.58 Å². The maximum Gasteiger partial charge on any atom is 0.471 e. The maximum atomic E-state index is 12.3. The zero-order valence-corrected chi connectivity index (χ0v) is 12.8. The van der Waals surface area contributed by atoms with Crippen LogP contribution in [0.4, 0.5) is 18.9 Å². The van der Waals surface area contributed by atoms with Crippen LogP contribution in [0.5, 0.6) is 0 Å². The molecule has 0 aliphatic heterocycles. The molecule has 3 rings (SSSR count). The second-order valence-corrected chi connectivity index (χ2v) is 5.46. The molecule has 118 valence electrons. The fraction of sp³-hybridized carbons (Fsp3) is 0.0714. The van der Waals surface area contributed by atoms with Crippen molar-refractivity contribution in [2.75, 3.05) is 5.32 Å². The van der Waals surface area contributed by atoms with Gasteiger partial charge in [-0.05, 0) is 40.2 Å². The van der Waals surface area contributed by atoms with Gasteiger partial charge in [-0.15, -0.1) is 0 Å². The second-order valence-electron chi connectivity index (χ2n) is 4.55. The van der Waals surface area contributed by atoms with Crippen molar-refractivity contribution in [3.05, 3.63) is 41.1 Å². The first kappa shape index (κ1) is 15.5. The lowest BCUT2D eigenvalue weighted by molar-refractivity contribution is -0.167. The number of hydrogen-bond donors (Lipinski definition) is 1. The van der Waals surface area contributed by atoms with E-state index >= 15 is 0 Å². The predicted octanol–water partition coefficient (Wildman–Crippen LogP) is 4.15. The van der Waals surface area contributed by atoms with Crippen molar-refractivity contribution < 1.29 is 22.4 Å². The summed E-state index contributed by atoms with van der Waals surface area (Å²) in [5.74, 6) is -1.77. The number of aromatic nitrogens is 2. The predicted molar refractivity (Wildman–Crippen MR) is 79.6 cm³/mol. The van der Waals surface area contributed by atoms with Crippen molar-refractivity contribution in [3.8, 4) is 11.5 Å². The Morgan fingerprint density at radius 2 is 2.00 bits per heavy atom. The molecule has 0 fully saturated rings. The molecule has 1 N–H and O–H groups in total. The molecule has 3 aromatic rings. The van der Waals surface area contributed by atoms with Crippen molar-refractivity contribution in [3.63, 3.8) is 0 Å². The molecule has 9 heteroatoms. The Hall–Kier alpha value is -2.42. The Morgan fingerprint density at radius 3 is 2.70 bits per heavy atom. The summed E-state index contributed by atoms with van der Waals surface area (Å²) >= 11 is 3.27. The minimum absolute atomic E-state index is 0.0213. The molecular formula is C14H7BrF3N3O2. The van der Waals surface area contributed by atoms with E-state index in [1.165, 1.54) is 18.2 Å². The van der Waals surface area contributed by atoms with Crippen molar-refractivity contribution in [1.82, 2.24) is 9.97 Å². The zero-order valence-electron chi connectivity index (χ0n) is 11.2. The number of amides is 1. The average Bonchev–Trinajstić information content (AvgIpc) is 2.89. The van der Waals surface area contributed by atoms with E-state index in [-0.39, 0.29) is 11.6 Å². The molecule has 0 aliphatic rings. The van der Waals surface area contributed by atoms with Gasteiger partial charge in [-0.2, -0.15) is 13.2 Å². The Kier molecular flexibility index (Phi) is 3.80.